The molecule has 0 aliphatic heterocycles. The van der Waals surface area contributed by atoms with Crippen LogP contribution in [0.25, 0.3) is 0 Å². The highest BCUT2D eigenvalue weighted by atomic mass is 79.9. The van der Waals surface area contributed by atoms with Crippen LogP contribution in [0.2, 0.25) is 5.02 Å². The lowest BCUT2D eigenvalue weighted by Gasteiger charge is -2.10. The van der Waals surface area contributed by atoms with Crippen molar-refractivity contribution in [2.75, 3.05) is 13.7 Å². The molecule has 2 aromatic rings. The quantitative estimate of drug-likeness (QED) is 0.713. The van der Waals surface area contributed by atoms with Gasteiger partial charge >= 0.3 is 0 Å². The van der Waals surface area contributed by atoms with Crippen LogP contribution in [-0.2, 0) is 11.3 Å². The maximum Gasteiger partial charge on any atom is 0.251 e. The second kappa shape index (κ2) is 9.44. The minimum atomic E-state index is -0.238. The Balaban J connectivity index is 1.76. The summed E-state index contributed by atoms with van der Waals surface area (Å²) in [5.41, 5.74) is 1.37. The molecule has 2 rings (SSSR count). The first kappa shape index (κ1) is 19.3. The first-order chi connectivity index (χ1) is 12.0. The number of halogens is 2. The molecule has 0 aromatic heterocycles. The Morgan fingerprint density at radius 3 is 2.52 bits per heavy atom. The van der Waals surface area contributed by atoms with Gasteiger partial charge in [-0.25, -0.2) is 0 Å². The second-order valence-electron chi connectivity index (χ2n) is 5.25. The van der Waals surface area contributed by atoms with Crippen LogP contribution in [0.4, 0.5) is 0 Å². The van der Waals surface area contributed by atoms with E-state index in [4.69, 9.17) is 16.3 Å². The SMILES string of the molecule is COc1ccc(Br)cc1CNC(=O)CCNC(=O)c1ccc(Cl)cc1. The Labute approximate surface area is 159 Å². The molecule has 132 valence electrons. The molecule has 0 atom stereocenters. The molecule has 2 N–H and O–H groups in total. The molecule has 0 fully saturated rings. The maximum absolute atomic E-state index is 11.9. The van der Waals surface area contributed by atoms with E-state index in [0.717, 1.165) is 10.0 Å². The van der Waals surface area contributed by atoms with Gasteiger partial charge < -0.3 is 15.4 Å². The summed E-state index contributed by atoms with van der Waals surface area (Å²) < 4.78 is 6.17. The molecule has 2 aromatic carbocycles. The van der Waals surface area contributed by atoms with Gasteiger partial charge in [0.25, 0.3) is 5.91 Å². The van der Waals surface area contributed by atoms with Crippen molar-refractivity contribution in [3.8, 4) is 5.75 Å². The molecule has 0 saturated carbocycles. The van der Waals surface area contributed by atoms with E-state index in [1.54, 1.807) is 31.4 Å². The molecule has 5 nitrogen and oxygen atoms in total. The van der Waals surface area contributed by atoms with Crippen LogP contribution >= 0.6 is 27.5 Å². The van der Waals surface area contributed by atoms with Crippen LogP contribution in [0.1, 0.15) is 22.3 Å². The Hall–Kier alpha value is -2.05. The van der Waals surface area contributed by atoms with Gasteiger partial charge in [-0.1, -0.05) is 27.5 Å². The lowest BCUT2D eigenvalue weighted by molar-refractivity contribution is -0.121. The zero-order chi connectivity index (χ0) is 18.2. The number of carbonyl (C=O) groups is 2. The summed E-state index contributed by atoms with van der Waals surface area (Å²) >= 11 is 9.18. The Kier molecular flexibility index (Phi) is 7.28. The third-order valence-corrected chi connectivity index (χ3v) is 4.21. The van der Waals surface area contributed by atoms with Crippen molar-refractivity contribution < 1.29 is 14.3 Å². The van der Waals surface area contributed by atoms with Crippen molar-refractivity contribution >= 4 is 39.3 Å². The maximum atomic E-state index is 11.9. The van der Waals surface area contributed by atoms with Crippen LogP contribution in [0.15, 0.2) is 46.9 Å². The highest BCUT2D eigenvalue weighted by Crippen LogP contribution is 2.22. The molecule has 0 radical (unpaired) electrons. The lowest BCUT2D eigenvalue weighted by atomic mass is 10.2. The normalized spacial score (nSPS) is 10.2. The third kappa shape index (κ3) is 6.07. The minimum absolute atomic E-state index is 0.154. The van der Waals surface area contributed by atoms with Crippen molar-refractivity contribution in [1.82, 2.24) is 10.6 Å². The smallest absolute Gasteiger partial charge is 0.251 e. The summed E-state index contributed by atoms with van der Waals surface area (Å²) in [4.78, 5) is 23.9. The summed E-state index contributed by atoms with van der Waals surface area (Å²) in [5, 5.41) is 6.09. The molecule has 0 aliphatic rings. The van der Waals surface area contributed by atoms with Crippen LogP contribution in [0.5, 0.6) is 5.75 Å². The van der Waals surface area contributed by atoms with Crippen LogP contribution in [-0.4, -0.2) is 25.5 Å². The summed E-state index contributed by atoms with van der Waals surface area (Å²) in [7, 11) is 1.58. The number of carbonyl (C=O) groups excluding carboxylic acids is 2. The van der Waals surface area contributed by atoms with Crippen molar-refractivity contribution in [2.24, 2.45) is 0 Å². The number of hydrogen-bond donors (Lipinski definition) is 2. The number of rotatable bonds is 7. The van der Waals surface area contributed by atoms with Crippen molar-refractivity contribution in [2.45, 2.75) is 13.0 Å². The van der Waals surface area contributed by atoms with Gasteiger partial charge in [0, 0.05) is 40.1 Å². The van der Waals surface area contributed by atoms with Gasteiger partial charge in [-0.3, -0.25) is 9.59 Å². The van der Waals surface area contributed by atoms with Gasteiger partial charge in [-0.05, 0) is 42.5 Å². The third-order valence-electron chi connectivity index (χ3n) is 3.46. The van der Waals surface area contributed by atoms with Crippen LogP contribution < -0.4 is 15.4 Å². The van der Waals surface area contributed by atoms with Crippen LogP contribution in [0.3, 0.4) is 0 Å². The number of nitrogens with one attached hydrogen (secondary N) is 2. The predicted octanol–water partition coefficient (Wildman–Crippen LogP) is 3.55. The van der Waals surface area contributed by atoms with E-state index in [1.165, 1.54) is 0 Å². The fourth-order valence-corrected chi connectivity index (χ4v) is 2.69. The summed E-state index contributed by atoms with van der Waals surface area (Å²) in [6.45, 7) is 0.607. The van der Waals surface area contributed by atoms with E-state index in [9.17, 15) is 9.59 Å². The molecular formula is C18H18BrClN2O3. The van der Waals surface area contributed by atoms with Gasteiger partial charge in [0.05, 0.1) is 7.11 Å². The van der Waals surface area contributed by atoms with Gasteiger partial charge in [-0.2, -0.15) is 0 Å². The van der Waals surface area contributed by atoms with Crippen molar-refractivity contribution in [3.05, 3.63) is 63.1 Å². The second-order valence-corrected chi connectivity index (χ2v) is 6.60. The Bertz CT molecular complexity index is 750. The van der Waals surface area contributed by atoms with Crippen molar-refractivity contribution in [3.63, 3.8) is 0 Å². The average molecular weight is 426 g/mol. The van der Waals surface area contributed by atoms with E-state index in [0.29, 0.717) is 22.9 Å². The number of methoxy groups -OCH3 is 1. The van der Waals surface area contributed by atoms with Gasteiger partial charge in [-0.15, -0.1) is 0 Å². The largest absolute Gasteiger partial charge is 0.496 e. The molecule has 25 heavy (non-hydrogen) atoms. The zero-order valence-corrected chi connectivity index (χ0v) is 16.0. The molecule has 0 spiro atoms. The molecule has 0 unspecified atom stereocenters. The molecule has 7 heteroatoms. The van der Waals surface area contributed by atoms with Crippen molar-refractivity contribution in [1.29, 1.82) is 0 Å². The molecule has 2 amide bonds. The fourth-order valence-electron chi connectivity index (χ4n) is 2.16. The zero-order valence-electron chi connectivity index (χ0n) is 13.6. The predicted molar refractivity (Wildman–Crippen MR) is 101 cm³/mol. The highest BCUT2D eigenvalue weighted by molar-refractivity contribution is 9.10. The number of hydrogen-bond acceptors (Lipinski definition) is 3. The number of amides is 2. The number of ether oxygens (including phenoxy) is 1. The van der Waals surface area contributed by atoms with Gasteiger partial charge in [0.2, 0.25) is 5.91 Å². The van der Waals surface area contributed by atoms with E-state index < -0.39 is 0 Å². The van der Waals surface area contributed by atoms with Crippen LogP contribution in [0, 0.1) is 0 Å². The minimum Gasteiger partial charge on any atom is -0.496 e. The summed E-state index contributed by atoms with van der Waals surface area (Å²) in [5.74, 6) is 0.316. The number of benzene rings is 2. The average Bonchev–Trinajstić information content (AvgIpc) is 2.60. The lowest BCUT2D eigenvalue weighted by Crippen LogP contribution is -2.30. The Morgan fingerprint density at radius 1 is 1.12 bits per heavy atom. The fraction of sp³-hybridized carbons (Fsp3) is 0.222. The molecular weight excluding hydrogens is 408 g/mol. The molecule has 0 heterocycles. The highest BCUT2D eigenvalue weighted by Gasteiger charge is 2.08. The summed E-state index contributed by atoms with van der Waals surface area (Å²) in [6, 6.07) is 12.2. The van der Waals surface area contributed by atoms with E-state index in [2.05, 4.69) is 26.6 Å². The topological polar surface area (TPSA) is 67.4 Å². The Morgan fingerprint density at radius 2 is 1.84 bits per heavy atom. The van der Waals surface area contributed by atoms with E-state index >= 15 is 0 Å². The molecule has 0 saturated heterocycles. The van der Waals surface area contributed by atoms with Gasteiger partial charge in [0.1, 0.15) is 5.75 Å². The van der Waals surface area contributed by atoms with Gasteiger partial charge in [0.15, 0.2) is 0 Å². The van der Waals surface area contributed by atoms with E-state index in [1.807, 2.05) is 18.2 Å². The standard InChI is InChI=1S/C18H18BrClN2O3/c1-25-16-7-4-14(19)10-13(16)11-22-17(23)8-9-21-18(24)12-2-5-15(20)6-3-12/h2-7,10H,8-9,11H2,1H3,(H,21,24)(H,22,23). The summed E-state index contributed by atoms with van der Waals surface area (Å²) in [6.07, 6.45) is 0.190. The van der Waals surface area contributed by atoms with E-state index in [-0.39, 0.29) is 24.8 Å². The first-order valence-corrected chi connectivity index (χ1v) is 8.79. The molecule has 0 bridgehead atoms. The monoisotopic (exact) mass is 424 g/mol. The molecule has 0 aliphatic carbocycles. The first-order valence-electron chi connectivity index (χ1n) is 7.62.